The van der Waals surface area contributed by atoms with Crippen molar-refractivity contribution >= 4 is 5.97 Å². The molecule has 0 radical (unpaired) electrons. The average Bonchev–Trinajstić information content (AvgIpc) is 2.06. The van der Waals surface area contributed by atoms with Gasteiger partial charge in [-0.1, -0.05) is 0 Å². The van der Waals surface area contributed by atoms with Crippen LogP contribution in [0.15, 0.2) is 12.1 Å². The van der Waals surface area contributed by atoms with Crippen LogP contribution in [0.1, 0.15) is 21.5 Å². The minimum absolute atomic E-state index is 0.484. The number of rotatable bonds is 1. The van der Waals surface area contributed by atoms with Crippen molar-refractivity contribution in [1.29, 1.82) is 0 Å². The number of aromatic hydroxyl groups is 1. The predicted octanol–water partition coefficient (Wildman–Crippen LogP) is 2.42. The van der Waals surface area contributed by atoms with Gasteiger partial charge in [0.1, 0.15) is 5.75 Å². The van der Waals surface area contributed by atoms with E-state index < -0.39 is 34.6 Å². The van der Waals surface area contributed by atoms with Crippen molar-refractivity contribution in [1.82, 2.24) is 0 Å². The summed E-state index contributed by atoms with van der Waals surface area (Å²) in [4.78, 5) is 10.6. The van der Waals surface area contributed by atoms with Gasteiger partial charge in [-0.3, -0.25) is 0 Å². The van der Waals surface area contributed by atoms with E-state index >= 15 is 0 Å². The summed E-state index contributed by atoms with van der Waals surface area (Å²) in [5.74, 6) is -2.25. The molecule has 6 heteroatoms. The number of halogens is 3. The molecule has 0 aromatic heterocycles. The van der Waals surface area contributed by atoms with E-state index in [0.29, 0.717) is 0 Å². The molecule has 0 spiro atoms. The third-order valence-electron chi connectivity index (χ3n) is 1.95. The second kappa shape index (κ2) is 3.45. The standard InChI is InChI=1S/C9H7F3O3/c1-4-6(13)3-2-5(8(14)15)7(4)9(10,11)12/h2-3,13H,1H3,(H,14,15). The zero-order valence-electron chi connectivity index (χ0n) is 7.59. The molecule has 0 saturated carbocycles. The van der Waals surface area contributed by atoms with Crippen LogP contribution in [0.3, 0.4) is 0 Å². The third-order valence-corrected chi connectivity index (χ3v) is 1.95. The summed E-state index contributed by atoms with van der Waals surface area (Å²) in [7, 11) is 0. The van der Waals surface area contributed by atoms with Crippen molar-refractivity contribution < 1.29 is 28.2 Å². The molecule has 0 bridgehead atoms. The monoisotopic (exact) mass is 220 g/mol. The Morgan fingerprint density at radius 2 is 1.87 bits per heavy atom. The highest BCUT2D eigenvalue weighted by atomic mass is 19.4. The van der Waals surface area contributed by atoms with Gasteiger partial charge in [-0.2, -0.15) is 13.2 Å². The van der Waals surface area contributed by atoms with Crippen LogP contribution in [-0.4, -0.2) is 16.2 Å². The molecule has 82 valence electrons. The van der Waals surface area contributed by atoms with Gasteiger partial charge in [0.25, 0.3) is 0 Å². The molecule has 0 aliphatic heterocycles. The van der Waals surface area contributed by atoms with Crippen LogP contribution >= 0.6 is 0 Å². The van der Waals surface area contributed by atoms with Crippen molar-refractivity contribution in [2.45, 2.75) is 13.1 Å². The summed E-state index contributed by atoms with van der Waals surface area (Å²) in [5, 5.41) is 17.6. The Bertz CT molecular complexity index is 410. The van der Waals surface area contributed by atoms with Crippen LogP contribution in [0.25, 0.3) is 0 Å². The summed E-state index contributed by atoms with van der Waals surface area (Å²) in [6.07, 6.45) is -4.80. The predicted molar refractivity (Wildman–Crippen MR) is 44.8 cm³/mol. The van der Waals surface area contributed by atoms with Crippen LogP contribution in [0.5, 0.6) is 5.75 Å². The van der Waals surface area contributed by atoms with Gasteiger partial charge < -0.3 is 10.2 Å². The SMILES string of the molecule is Cc1c(O)ccc(C(=O)O)c1C(F)(F)F. The molecule has 1 aromatic rings. The summed E-state index contributed by atoms with van der Waals surface area (Å²) in [6, 6.07) is 1.65. The van der Waals surface area contributed by atoms with Crippen molar-refractivity contribution in [2.24, 2.45) is 0 Å². The summed E-state index contributed by atoms with van der Waals surface area (Å²) < 4.78 is 37.4. The highest BCUT2D eigenvalue weighted by Crippen LogP contribution is 2.37. The number of carboxylic acids is 1. The van der Waals surface area contributed by atoms with E-state index in [-0.39, 0.29) is 0 Å². The number of carboxylic acid groups (broad SMARTS) is 1. The Hall–Kier alpha value is -1.72. The van der Waals surface area contributed by atoms with E-state index in [9.17, 15) is 18.0 Å². The highest BCUT2D eigenvalue weighted by molar-refractivity contribution is 5.90. The van der Waals surface area contributed by atoms with Gasteiger partial charge >= 0.3 is 12.1 Å². The van der Waals surface area contributed by atoms with E-state index in [1.54, 1.807) is 0 Å². The molecule has 2 N–H and O–H groups in total. The highest BCUT2D eigenvalue weighted by Gasteiger charge is 2.37. The van der Waals surface area contributed by atoms with Crippen LogP contribution in [0.2, 0.25) is 0 Å². The molecular formula is C9H7F3O3. The molecule has 3 nitrogen and oxygen atoms in total. The van der Waals surface area contributed by atoms with Gasteiger partial charge in [-0.25, -0.2) is 4.79 Å². The Kier molecular flexibility index (Phi) is 2.61. The molecule has 0 fully saturated rings. The summed E-state index contributed by atoms with van der Waals surface area (Å²) >= 11 is 0. The number of aromatic carboxylic acids is 1. The molecular weight excluding hydrogens is 213 g/mol. The average molecular weight is 220 g/mol. The molecule has 0 unspecified atom stereocenters. The van der Waals surface area contributed by atoms with Gasteiger partial charge in [-0.05, 0) is 19.1 Å². The lowest BCUT2D eigenvalue weighted by molar-refractivity contribution is -0.138. The molecule has 0 aliphatic carbocycles. The first-order chi connectivity index (χ1) is 6.75. The zero-order valence-corrected chi connectivity index (χ0v) is 7.59. The van der Waals surface area contributed by atoms with Crippen LogP contribution < -0.4 is 0 Å². The largest absolute Gasteiger partial charge is 0.508 e. The normalized spacial score (nSPS) is 11.5. The van der Waals surface area contributed by atoms with Gasteiger partial charge in [0.2, 0.25) is 0 Å². The van der Waals surface area contributed by atoms with E-state index in [1.165, 1.54) is 0 Å². The van der Waals surface area contributed by atoms with Crippen LogP contribution in [0.4, 0.5) is 13.2 Å². The maximum atomic E-state index is 12.5. The number of hydrogen-bond acceptors (Lipinski definition) is 2. The van der Waals surface area contributed by atoms with Gasteiger partial charge in [0.15, 0.2) is 0 Å². The smallest absolute Gasteiger partial charge is 0.417 e. The maximum Gasteiger partial charge on any atom is 0.417 e. The van der Waals surface area contributed by atoms with Crippen molar-refractivity contribution in [3.8, 4) is 5.75 Å². The molecule has 0 atom stereocenters. The number of hydrogen-bond donors (Lipinski definition) is 2. The minimum atomic E-state index is -4.80. The quantitative estimate of drug-likeness (QED) is 0.764. The van der Waals surface area contributed by atoms with Gasteiger partial charge in [0.05, 0.1) is 11.1 Å². The number of phenols is 1. The fourth-order valence-corrected chi connectivity index (χ4v) is 1.24. The molecule has 0 aliphatic rings. The maximum absolute atomic E-state index is 12.5. The molecule has 0 heterocycles. The van der Waals surface area contributed by atoms with E-state index in [0.717, 1.165) is 19.1 Å². The number of carbonyl (C=O) groups is 1. The lowest BCUT2D eigenvalue weighted by atomic mass is 10.0. The van der Waals surface area contributed by atoms with Crippen molar-refractivity contribution in [3.05, 3.63) is 28.8 Å². The second-order valence-electron chi connectivity index (χ2n) is 2.94. The van der Waals surface area contributed by atoms with E-state index in [1.807, 2.05) is 0 Å². The Morgan fingerprint density at radius 3 is 2.27 bits per heavy atom. The molecule has 0 saturated heterocycles. The van der Waals surface area contributed by atoms with Crippen molar-refractivity contribution in [2.75, 3.05) is 0 Å². The van der Waals surface area contributed by atoms with E-state index in [4.69, 9.17) is 10.2 Å². The number of alkyl halides is 3. The van der Waals surface area contributed by atoms with Crippen LogP contribution in [0, 0.1) is 6.92 Å². The number of benzene rings is 1. The second-order valence-corrected chi connectivity index (χ2v) is 2.94. The molecule has 1 aromatic carbocycles. The van der Waals surface area contributed by atoms with Gasteiger partial charge in [0, 0.05) is 5.56 Å². The fraction of sp³-hybridized carbons (Fsp3) is 0.222. The first kappa shape index (κ1) is 11.4. The first-order valence-corrected chi connectivity index (χ1v) is 3.88. The molecule has 0 amide bonds. The Labute approximate surface area is 82.8 Å². The van der Waals surface area contributed by atoms with E-state index in [2.05, 4.69) is 0 Å². The van der Waals surface area contributed by atoms with Gasteiger partial charge in [-0.15, -0.1) is 0 Å². The Balaban J connectivity index is 3.57. The topological polar surface area (TPSA) is 57.5 Å². The third kappa shape index (κ3) is 2.03. The minimum Gasteiger partial charge on any atom is -0.508 e. The molecule has 1 rings (SSSR count). The summed E-state index contributed by atoms with van der Waals surface area (Å²) in [5.41, 5.74) is -2.66. The Morgan fingerprint density at radius 1 is 1.33 bits per heavy atom. The van der Waals surface area contributed by atoms with Crippen LogP contribution in [-0.2, 0) is 6.18 Å². The lowest BCUT2D eigenvalue weighted by Crippen LogP contribution is -2.14. The molecule has 15 heavy (non-hydrogen) atoms. The lowest BCUT2D eigenvalue weighted by Gasteiger charge is -2.13. The zero-order chi connectivity index (χ0) is 11.8. The van der Waals surface area contributed by atoms with Crippen molar-refractivity contribution in [3.63, 3.8) is 0 Å². The number of phenolic OH excluding ortho intramolecular Hbond substituents is 1. The fourth-order valence-electron chi connectivity index (χ4n) is 1.24. The first-order valence-electron chi connectivity index (χ1n) is 3.88. The summed E-state index contributed by atoms with van der Waals surface area (Å²) in [6.45, 7) is 1.02.